The van der Waals surface area contributed by atoms with E-state index in [1.54, 1.807) is 18.3 Å². The number of hydrogen-bond acceptors (Lipinski definition) is 3. The molecule has 0 fully saturated rings. The first-order valence-electron chi connectivity index (χ1n) is 4.94. The van der Waals surface area contributed by atoms with Crippen LogP contribution < -0.4 is 10.5 Å². The number of rotatable bonds is 3. The number of ether oxygens (including phenoxy) is 1. The lowest BCUT2D eigenvalue weighted by Crippen LogP contribution is -2.13. The molecule has 2 N–H and O–H groups in total. The maximum atomic E-state index is 13.6. The van der Waals surface area contributed by atoms with Crippen LogP contribution in [0.2, 0.25) is 0 Å². The number of nitrogens with two attached hydrogens (primary N) is 1. The van der Waals surface area contributed by atoms with Gasteiger partial charge in [-0.25, -0.2) is 4.39 Å². The number of halogens is 2. The Kier molecular flexibility index (Phi) is 3.88. The average Bonchev–Trinajstić information content (AvgIpc) is 2.28. The van der Waals surface area contributed by atoms with Gasteiger partial charge < -0.3 is 10.5 Å². The van der Waals surface area contributed by atoms with Crippen molar-refractivity contribution >= 4 is 33.1 Å². The predicted octanol–water partition coefficient (Wildman–Crippen LogP) is 3.41. The minimum absolute atomic E-state index is 0.0499. The largest absolute Gasteiger partial charge is 0.455 e. The molecule has 0 saturated carbocycles. The molecule has 0 unspecified atom stereocenters. The highest BCUT2D eigenvalue weighted by Gasteiger charge is 2.13. The minimum atomic E-state index is -0.511. The third-order valence-corrected chi connectivity index (χ3v) is 2.77. The van der Waals surface area contributed by atoms with E-state index in [0.29, 0.717) is 5.75 Å². The lowest BCUT2D eigenvalue weighted by Gasteiger charge is -2.10. The van der Waals surface area contributed by atoms with Gasteiger partial charge in [0.25, 0.3) is 0 Å². The Morgan fingerprint density at radius 1 is 1.39 bits per heavy atom. The van der Waals surface area contributed by atoms with E-state index in [1.807, 2.05) is 0 Å². The van der Waals surface area contributed by atoms with Gasteiger partial charge in [-0.1, -0.05) is 18.3 Å². The molecule has 0 amide bonds. The zero-order valence-electron chi connectivity index (χ0n) is 9.06. The Morgan fingerprint density at radius 2 is 2.17 bits per heavy atom. The Morgan fingerprint density at radius 3 is 2.83 bits per heavy atom. The summed E-state index contributed by atoms with van der Waals surface area (Å²) in [5.41, 5.74) is 5.58. The van der Waals surface area contributed by atoms with Gasteiger partial charge in [-0.2, -0.15) is 0 Å². The van der Waals surface area contributed by atoms with Crippen LogP contribution in [0.5, 0.6) is 11.5 Å². The van der Waals surface area contributed by atoms with Gasteiger partial charge in [-0.15, -0.1) is 0 Å². The molecule has 0 bridgehead atoms. The fraction of sp³-hybridized carbons (Fsp3) is 0. The van der Waals surface area contributed by atoms with E-state index in [1.165, 1.54) is 18.3 Å². The van der Waals surface area contributed by atoms with Gasteiger partial charge >= 0.3 is 0 Å². The number of pyridine rings is 1. The van der Waals surface area contributed by atoms with E-state index in [2.05, 4.69) is 20.9 Å². The van der Waals surface area contributed by atoms with Gasteiger partial charge in [0.1, 0.15) is 22.3 Å². The van der Waals surface area contributed by atoms with Crippen molar-refractivity contribution in [2.45, 2.75) is 0 Å². The van der Waals surface area contributed by atoms with Crippen LogP contribution in [0, 0.1) is 5.82 Å². The Balaban J connectivity index is 2.40. The summed E-state index contributed by atoms with van der Waals surface area (Å²) in [6.07, 6.45) is 3.13. The van der Waals surface area contributed by atoms with Crippen molar-refractivity contribution in [2.75, 3.05) is 0 Å². The molecule has 1 heterocycles. The normalized spacial score (nSPS) is 10.1. The fourth-order valence-corrected chi connectivity index (χ4v) is 1.95. The second-order valence-electron chi connectivity index (χ2n) is 3.42. The topological polar surface area (TPSA) is 48.1 Å². The molecule has 1 aromatic carbocycles. The number of hydrogen-bond donors (Lipinski definition) is 1. The van der Waals surface area contributed by atoms with Crippen molar-refractivity contribution in [1.29, 1.82) is 0 Å². The molecule has 6 heteroatoms. The van der Waals surface area contributed by atoms with Crippen LogP contribution in [0.1, 0.15) is 5.56 Å². The summed E-state index contributed by atoms with van der Waals surface area (Å²) in [6.45, 7) is 0. The molecule has 1 aromatic heterocycles. The molecule has 0 aliphatic rings. The zero-order valence-corrected chi connectivity index (χ0v) is 11.5. The second kappa shape index (κ2) is 5.41. The number of nitrogens with zero attached hydrogens (tertiary/aromatic N) is 1. The minimum Gasteiger partial charge on any atom is -0.455 e. The summed E-state index contributed by atoms with van der Waals surface area (Å²) in [4.78, 5) is 3.90. The molecule has 18 heavy (non-hydrogen) atoms. The molecular formula is C12H8BrFN2OS. The summed E-state index contributed by atoms with van der Waals surface area (Å²) in [5.74, 6) is 0.220. The number of benzene rings is 1. The van der Waals surface area contributed by atoms with Gasteiger partial charge in [-0.3, -0.25) is 4.98 Å². The van der Waals surface area contributed by atoms with Crippen LogP contribution in [0.4, 0.5) is 4.39 Å². The van der Waals surface area contributed by atoms with Crippen molar-refractivity contribution in [3.05, 3.63) is 52.5 Å². The lowest BCUT2D eigenvalue weighted by atomic mass is 10.2. The van der Waals surface area contributed by atoms with Crippen molar-refractivity contribution in [1.82, 2.24) is 4.98 Å². The fourth-order valence-electron chi connectivity index (χ4n) is 1.40. The van der Waals surface area contributed by atoms with Crippen molar-refractivity contribution in [3.63, 3.8) is 0 Å². The van der Waals surface area contributed by atoms with E-state index in [9.17, 15) is 4.39 Å². The van der Waals surface area contributed by atoms with Crippen LogP contribution in [0.15, 0.2) is 41.1 Å². The lowest BCUT2D eigenvalue weighted by molar-refractivity contribution is 0.473. The molecule has 92 valence electrons. The third-order valence-electron chi connectivity index (χ3n) is 2.13. The quantitative estimate of drug-likeness (QED) is 0.878. The summed E-state index contributed by atoms with van der Waals surface area (Å²) in [6, 6.07) is 6.11. The molecule has 0 atom stereocenters. The van der Waals surface area contributed by atoms with Crippen molar-refractivity contribution < 1.29 is 9.13 Å². The summed E-state index contributed by atoms with van der Waals surface area (Å²) in [7, 11) is 0. The SMILES string of the molecule is NC(=S)c1c(F)cccc1Oc1cncc(Br)c1. The molecular weight excluding hydrogens is 319 g/mol. The standard InChI is InChI=1S/C12H8BrFN2OS/c13-7-4-8(6-16-5-7)17-10-3-1-2-9(14)11(10)12(15)18/h1-6H,(H2,15,18). The Hall–Kier alpha value is -1.53. The second-order valence-corrected chi connectivity index (χ2v) is 4.77. The van der Waals surface area contributed by atoms with Gasteiger partial charge in [-0.05, 0) is 34.1 Å². The average molecular weight is 327 g/mol. The van der Waals surface area contributed by atoms with Crippen LogP contribution in [-0.2, 0) is 0 Å². The summed E-state index contributed by atoms with van der Waals surface area (Å²) >= 11 is 8.08. The molecule has 3 nitrogen and oxygen atoms in total. The highest BCUT2D eigenvalue weighted by Crippen LogP contribution is 2.28. The molecule has 0 aliphatic heterocycles. The molecule has 0 saturated heterocycles. The monoisotopic (exact) mass is 326 g/mol. The first kappa shape index (κ1) is 12.9. The van der Waals surface area contributed by atoms with E-state index >= 15 is 0 Å². The first-order valence-corrected chi connectivity index (χ1v) is 6.15. The number of thiocarbonyl (C=S) groups is 1. The maximum absolute atomic E-state index is 13.6. The van der Waals surface area contributed by atoms with Gasteiger partial charge in [0, 0.05) is 10.7 Å². The molecule has 0 spiro atoms. The maximum Gasteiger partial charge on any atom is 0.146 e. The van der Waals surface area contributed by atoms with Gasteiger partial charge in [0.2, 0.25) is 0 Å². The molecule has 2 aromatic rings. The van der Waals surface area contributed by atoms with E-state index in [0.717, 1.165) is 4.47 Å². The van der Waals surface area contributed by atoms with Crippen LogP contribution in [0.3, 0.4) is 0 Å². The molecule has 0 aliphatic carbocycles. The van der Waals surface area contributed by atoms with Crippen molar-refractivity contribution in [2.24, 2.45) is 5.73 Å². The Labute approximate surface area is 117 Å². The van der Waals surface area contributed by atoms with E-state index in [-0.39, 0.29) is 16.3 Å². The van der Waals surface area contributed by atoms with Crippen LogP contribution >= 0.6 is 28.1 Å². The summed E-state index contributed by atoms with van der Waals surface area (Å²) in [5, 5.41) is 0. The van der Waals surface area contributed by atoms with E-state index in [4.69, 9.17) is 22.7 Å². The predicted molar refractivity (Wildman–Crippen MR) is 74.3 cm³/mol. The first-order chi connectivity index (χ1) is 8.58. The Bertz CT molecular complexity index is 606. The summed E-state index contributed by atoms with van der Waals surface area (Å²) < 4.78 is 19.9. The number of aromatic nitrogens is 1. The van der Waals surface area contributed by atoms with Crippen LogP contribution in [0.25, 0.3) is 0 Å². The van der Waals surface area contributed by atoms with Gasteiger partial charge in [0.05, 0.1) is 11.8 Å². The van der Waals surface area contributed by atoms with Crippen LogP contribution in [-0.4, -0.2) is 9.97 Å². The van der Waals surface area contributed by atoms with E-state index < -0.39 is 5.82 Å². The molecule has 0 radical (unpaired) electrons. The zero-order chi connectivity index (χ0) is 13.1. The smallest absolute Gasteiger partial charge is 0.146 e. The third kappa shape index (κ3) is 2.83. The molecule has 2 rings (SSSR count). The highest BCUT2D eigenvalue weighted by molar-refractivity contribution is 9.10. The van der Waals surface area contributed by atoms with Gasteiger partial charge in [0.15, 0.2) is 0 Å². The van der Waals surface area contributed by atoms with Crippen molar-refractivity contribution in [3.8, 4) is 11.5 Å². The highest BCUT2D eigenvalue weighted by atomic mass is 79.9.